The molecule has 0 aliphatic rings. The Bertz CT molecular complexity index is 482. The van der Waals surface area contributed by atoms with E-state index in [1.807, 2.05) is 23.1 Å². The Morgan fingerprint density at radius 3 is 2.92 bits per heavy atom. The molecule has 0 aliphatic heterocycles. The largest absolute Gasteiger partial charge is 0.303 e. The summed E-state index contributed by atoms with van der Waals surface area (Å²) in [6, 6.07) is 2.02. The van der Waals surface area contributed by atoms with Gasteiger partial charge in [0.05, 0.1) is 3.79 Å². The highest BCUT2D eigenvalue weighted by atomic mass is 79.9. The fourth-order valence-corrected chi connectivity index (χ4v) is 2.30. The van der Waals surface area contributed by atoms with Gasteiger partial charge < -0.3 is 4.57 Å². The third-order valence-corrected chi connectivity index (χ3v) is 3.58. The highest BCUT2D eigenvalue weighted by Gasteiger charge is 2.06. The summed E-state index contributed by atoms with van der Waals surface area (Å²) in [7, 11) is 1.90. The number of aromatic nitrogens is 3. The highest BCUT2D eigenvalue weighted by molar-refractivity contribution is 9.11. The standard InChI is InChI=1S/C7H6BrN3S2/c1-11-6(9-10-7(11)12)4-2-5(8)13-3-4/h2-3H,1H3,(H,10,12). The van der Waals surface area contributed by atoms with E-state index in [2.05, 4.69) is 26.1 Å². The van der Waals surface area contributed by atoms with E-state index in [-0.39, 0.29) is 0 Å². The Morgan fingerprint density at radius 2 is 2.46 bits per heavy atom. The Balaban J connectivity index is 2.58. The number of hydrogen-bond acceptors (Lipinski definition) is 3. The minimum absolute atomic E-state index is 0.636. The van der Waals surface area contributed by atoms with Crippen LogP contribution in [0.2, 0.25) is 0 Å². The first-order valence-electron chi connectivity index (χ1n) is 3.54. The Hall–Kier alpha value is -0.460. The highest BCUT2D eigenvalue weighted by Crippen LogP contribution is 2.27. The third-order valence-electron chi connectivity index (χ3n) is 1.71. The van der Waals surface area contributed by atoms with Crippen LogP contribution in [0, 0.1) is 4.77 Å². The number of hydrogen-bond donors (Lipinski definition) is 1. The quantitative estimate of drug-likeness (QED) is 0.812. The molecule has 0 saturated carbocycles. The van der Waals surface area contributed by atoms with Crippen LogP contribution in [0.25, 0.3) is 11.4 Å². The molecule has 2 aromatic heterocycles. The van der Waals surface area contributed by atoms with Gasteiger partial charge in [-0.3, -0.25) is 5.10 Å². The molecule has 1 N–H and O–H groups in total. The van der Waals surface area contributed by atoms with Crippen LogP contribution >= 0.6 is 39.5 Å². The van der Waals surface area contributed by atoms with Crippen LogP contribution in [0.4, 0.5) is 0 Å². The summed E-state index contributed by atoms with van der Waals surface area (Å²) >= 11 is 10.1. The van der Waals surface area contributed by atoms with Crippen molar-refractivity contribution in [2.45, 2.75) is 0 Å². The number of nitrogens with one attached hydrogen (secondary N) is 1. The summed E-state index contributed by atoms with van der Waals surface area (Å²) in [6.45, 7) is 0. The van der Waals surface area contributed by atoms with Gasteiger partial charge in [0.2, 0.25) is 0 Å². The van der Waals surface area contributed by atoms with Crippen molar-refractivity contribution < 1.29 is 0 Å². The molecule has 0 aliphatic carbocycles. The van der Waals surface area contributed by atoms with E-state index in [4.69, 9.17) is 12.2 Å². The molecule has 0 spiro atoms. The Morgan fingerprint density at radius 1 is 1.69 bits per heavy atom. The van der Waals surface area contributed by atoms with Crippen LogP contribution < -0.4 is 0 Å². The van der Waals surface area contributed by atoms with Crippen LogP contribution in [-0.4, -0.2) is 14.8 Å². The SMILES string of the molecule is Cn1c(-c2csc(Br)c2)n[nH]c1=S. The van der Waals surface area contributed by atoms with Crippen LogP contribution in [0.1, 0.15) is 0 Å². The predicted octanol–water partition coefficient (Wildman–Crippen LogP) is 2.97. The summed E-state index contributed by atoms with van der Waals surface area (Å²) in [5.41, 5.74) is 1.08. The molecule has 2 heterocycles. The molecule has 0 bridgehead atoms. The van der Waals surface area contributed by atoms with Crippen molar-refractivity contribution in [2.24, 2.45) is 7.05 Å². The van der Waals surface area contributed by atoms with Crippen molar-refractivity contribution in [3.63, 3.8) is 0 Å². The van der Waals surface area contributed by atoms with Crippen LogP contribution in [-0.2, 0) is 7.05 Å². The van der Waals surface area contributed by atoms with Crippen LogP contribution in [0.3, 0.4) is 0 Å². The van der Waals surface area contributed by atoms with E-state index in [1.54, 1.807) is 11.3 Å². The van der Waals surface area contributed by atoms with Gasteiger partial charge in [0.1, 0.15) is 0 Å². The van der Waals surface area contributed by atoms with Gasteiger partial charge in [0, 0.05) is 18.0 Å². The summed E-state index contributed by atoms with van der Waals surface area (Å²) in [5, 5.41) is 8.92. The van der Waals surface area contributed by atoms with E-state index in [0.29, 0.717) is 4.77 Å². The summed E-state index contributed by atoms with van der Waals surface area (Å²) < 4.78 is 3.58. The maximum Gasteiger partial charge on any atom is 0.195 e. The number of aromatic amines is 1. The van der Waals surface area contributed by atoms with Gasteiger partial charge in [-0.15, -0.1) is 11.3 Å². The molecule has 68 valence electrons. The first-order chi connectivity index (χ1) is 6.18. The molecular formula is C7H6BrN3S2. The molecule has 0 radical (unpaired) electrons. The van der Waals surface area contributed by atoms with Gasteiger partial charge in [0.25, 0.3) is 0 Å². The van der Waals surface area contributed by atoms with Gasteiger partial charge in [-0.05, 0) is 34.2 Å². The fourth-order valence-electron chi connectivity index (χ4n) is 1.03. The molecule has 0 fully saturated rings. The minimum Gasteiger partial charge on any atom is -0.303 e. The lowest BCUT2D eigenvalue weighted by molar-refractivity contribution is 0.902. The zero-order valence-electron chi connectivity index (χ0n) is 6.74. The van der Waals surface area contributed by atoms with Crippen molar-refractivity contribution in [1.29, 1.82) is 0 Å². The van der Waals surface area contributed by atoms with E-state index < -0.39 is 0 Å². The van der Waals surface area contributed by atoms with Gasteiger partial charge >= 0.3 is 0 Å². The maximum atomic E-state index is 5.02. The lowest BCUT2D eigenvalue weighted by Gasteiger charge is -1.94. The van der Waals surface area contributed by atoms with E-state index in [9.17, 15) is 0 Å². The zero-order chi connectivity index (χ0) is 9.42. The average molecular weight is 276 g/mol. The lowest BCUT2D eigenvalue weighted by atomic mass is 10.3. The molecule has 3 nitrogen and oxygen atoms in total. The normalized spacial score (nSPS) is 10.6. The van der Waals surface area contributed by atoms with E-state index in [0.717, 1.165) is 15.2 Å². The average Bonchev–Trinajstić information content (AvgIpc) is 2.62. The van der Waals surface area contributed by atoms with Crippen molar-refractivity contribution in [2.75, 3.05) is 0 Å². The molecule has 6 heteroatoms. The van der Waals surface area contributed by atoms with Gasteiger partial charge in [-0.1, -0.05) is 0 Å². The second kappa shape index (κ2) is 3.36. The molecule has 2 rings (SSSR count). The molecule has 13 heavy (non-hydrogen) atoms. The molecule has 0 saturated heterocycles. The first kappa shape index (κ1) is 9.11. The van der Waals surface area contributed by atoms with Crippen LogP contribution in [0.15, 0.2) is 15.2 Å². The number of rotatable bonds is 1. The summed E-state index contributed by atoms with van der Waals surface area (Å²) in [4.78, 5) is 0. The first-order valence-corrected chi connectivity index (χ1v) is 5.62. The van der Waals surface area contributed by atoms with Crippen molar-refractivity contribution >= 4 is 39.5 Å². The van der Waals surface area contributed by atoms with Crippen LogP contribution in [0.5, 0.6) is 0 Å². The van der Waals surface area contributed by atoms with Crippen molar-refractivity contribution in [1.82, 2.24) is 14.8 Å². The molecule has 0 unspecified atom stereocenters. The summed E-state index contributed by atoms with van der Waals surface area (Å²) in [5.74, 6) is 0.868. The fraction of sp³-hybridized carbons (Fsp3) is 0.143. The number of H-pyrrole nitrogens is 1. The predicted molar refractivity (Wildman–Crippen MR) is 59.4 cm³/mol. The third kappa shape index (κ3) is 1.61. The van der Waals surface area contributed by atoms with E-state index in [1.165, 1.54) is 0 Å². The molecule has 2 aromatic rings. The Labute approximate surface area is 92.5 Å². The molecular weight excluding hydrogens is 270 g/mol. The second-order valence-corrected chi connectivity index (χ2v) is 5.23. The molecule has 0 aromatic carbocycles. The van der Waals surface area contributed by atoms with E-state index >= 15 is 0 Å². The van der Waals surface area contributed by atoms with Gasteiger partial charge in [-0.2, -0.15) is 5.10 Å². The topological polar surface area (TPSA) is 33.6 Å². The number of halogens is 1. The summed E-state index contributed by atoms with van der Waals surface area (Å²) in [6.07, 6.45) is 0. The minimum atomic E-state index is 0.636. The lowest BCUT2D eigenvalue weighted by Crippen LogP contribution is -1.90. The van der Waals surface area contributed by atoms with Gasteiger partial charge in [-0.25, -0.2) is 0 Å². The van der Waals surface area contributed by atoms with Gasteiger partial charge in [0.15, 0.2) is 10.6 Å². The number of nitrogens with zero attached hydrogens (tertiary/aromatic N) is 2. The molecule has 0 atom stereocenters. The maximum absolute atomic E-state index is 5.02. The van der Waals surface area contributed by atoms with Crippen molar-refractivity contribution in [3.05, 3.63) is 20.0 Å². The Kier molecular flexibility index (Phi) is 2.35. The molecule has 0 amide bonds. The zero-order valence-corrected chi connectivity index (χ0v) is 9.96. The monoisotopic (exact) mass is 275 g/mol. The van der Waals surface area contributed by atoms with Crippen molar-refractivity contribution in [3.8, 4) is 11.4 Å². The second-order valence-electron chi connectivity index (χ2n) is 2.55. The number of thiophene rings is 1. The smallest absolute Gasteiger partial charge is 0.195 e.